The van der Waals surface area contributed by atoms with Crippen molar-refractivity contribution in [3.05, 3.63) is 53.9 Å². The van der Waals surface area contributed by atoms with Gasteiger partial charge in [-0.15, -0.1) is 0 Å². The van der Waals surface area contributed by atoms with Crippen molar-refractivity contribution in [3.63, 3.8) is 0 Å². The van der Waals surface area contributed by atoms with Crippen LogP contribution in [0, 0.1) is 6.92 Å². The number of nitrogens with zero attached hydrogens (tertiary/aromatic N) is 4. The molecule has 0 aliphatic carbocycles. The van der Waals surface area contributed by atoms with Gasteiger partial charge in [0, 0.05) is 24.4 Å². The Kier molecular flexibility index (Phi) is 5.01. The summed E-state index contributed by atoms with van der Waals surface area (Å²) in [6, 6.07) is 11.0. The minimum Gasteiger partial charge on any atom is -0.468 e. The average molecular weight is 405 g/mol. The van der Waals surface area contributed by atoms with Gasteiger partial charge >= 0.3 is 5.97 Å². The number of carbonyl (C=O) groups is 2. The van der Waals surface area contributed by atoms with E-state index in [1.165, 1.54) is 7.11 Å². The van der Waals surface area contributed by atoms with Crippen LogP contribution in [0.15, 0.2) is 47.1 Å². The van der Waals surface area contributed by atoms with Crippen LogP contribution < -0.4 is 5.32 Å². The van der Waals surface area contributed by atoms with Crippen LogP contribution in [0.3, 0.4) is 0 Å². The molecule has 4 aromatic rings. The summed E-state index contributed by atoms with van der Waals surface area (Å²) in [6.07, 6.45) is 1.81. The SMILES string of the molecule is COC(=O)CNC(=O)c1cc(-c2cn(C)nc2C)nc2onc(-c3ccccc3)c12. The highest BCUT2D eigenvalue weighted by Crippen LogP contribution is 2.33. The predicted molar refractivity (Wildman–Crippen MR) is 109 cm³/mol. The van der Waals surface area contributed by atoms with Gasteiger partial charge in [-0.05, 0) is 13.0 Å². The van der Waals surface area contributed by atoms with E-state index in [9.17, 15) is 9.59 Å². The molecule has 0 aliphatic heterocycles. The summed E-state index contributed by atoms with van der Waals surface area (Å²) in [7, 11) is 3.07. The highest BCUT2D eigenvalue weighted by molar-refractivity contribution is 6.11. The quantitative estimate of drug-likeness (QED) is 0.508. The van der Waals surface area contributed by atoms with Crippen molar-refractivity contribution in [2.24, 2.45) is 7.05 Å². The third kappa shape index (κ3) is 3.52. The van der Waals surface area contributed by atoms with E-state index in [2.05, 4.69) is 25.3 Å². The maximum absolute atomic E-state index is 13.0. The van der Waals surface area contributed by atoms with Crippen molar-refractivity contribution >= 4 is 23.0 Å². The van der Waals surface area contributed by atoms with Gasteiger partial charge in [-0.25, -0.2) is 4.98 Å². The molecule has 0 spiro atoms. The zero-order valence-corrected chi connectivity index (χ0v) is 16.7. The molecule has 4 rings (SSSR count). The molecule has 0 bridgehead atoms. The number of amides is 1. The van der Waals surface area contributed by atoms with E-state index in [1.807, 2.05) is 43.5 Å². The number of fused-ring (bicyclic) bond motifs is 1. The topological polar surface area (TPSA) is 112 Å². The van der Waals surface area contributed by atoms with Crippen LogP contribution in [0.4, 0.5) is 0 Å². The first-order valence-electron chi connectivity index (χ1n) is 9.19. The first-order valence-corrected chi connectivity index (χ1v) is 9.19. The molecule has 1 aromatic carbocycles. The molecule has 0 saturated heterocycles. The summed E-state index contributed by atoms with van der Waals surface area (Å²) in [5, 5.41) is 11.5. The van der Waals surface area contributed by atoms with E-state index in [0.717, 1.165) is 16.8 Å². The number of benzene rings is 1. The molecule has 9 heteroatoms. The second kappa shape index (κ2) is 7.78. The van der Waals surface area contributed by atoms with Crippen LogP contribution in [-0.4, -0.2) is 45.5 Å². The Hall–Kier alpha value is -4.01. The molecule has 0 atom stereocenters. The largest absolute Gasteiger partial charge is 0.468 e. The van der Waals surface area contributed by atoms with Crippen molar-refractivity contribution in [1.29, 1.82) is 0 Å². The third-order valence-electron chi connectivity index (χ3n) is 4.65. The summed E-state index contributed by atoms with van der Waals surface area (Å²) in [5.41, 5.74) is 3.83. The molecule has 0 saturated carbocycles. The molecule has 30 heavy (non-hydrogen) atoms. The lowest BCUT2D eigenvalue weighted by Crippen LogP contribution is -2.30. The number of methoxy groups -OCH3 is 1. The Morgan fingerprint density at radius 2 is 2.00 bits per heavy atom. The number of aromatic nitrogens is 4. The smallest absolute Gasteiger partial charge is 0.325 e. The van der Waals surface area contributed by atoms with Crippen LogP contribution in [0.25, 0.3) is 33.6 Å². The number of hydrogen-bond donors (Lipinski definition) is 1. The lowest BCUT2D eigenvalue weighted by Gasteiger charge is -2.08. The number of aryl methyl sites for hydroxylation is 2. The monoisotopic (exact) mass is 405 g/mol. The number of nitrogens with one attached hydrogen (secondary N) is 1. The molecule has 1 N–H and O–H groups in total. The lowest BCUT2D eigenvalue weighted by molar-refractivity contribution is -0.139. The van der Waals surface area contributed by atoms with Crippen molar-refractivity contribution < 1.29 is 18.8 Å². The summed E-state index contributed by atoms with van der Waals surface area (Å²) >= 11 is 0. The van der Waals surface area contributed by atoms with Gasteiger partial charge in [0.1, 0.15) is 12.2 Å². The van der Waals surface area contributed by atoms with E-state index < -0.39 is 11.9 Å². The Morgan fingerprint density at radius 3 is 2.67 bits per heavy atom. The normalized spacial score (nSPS) is 10.9. The summed E-state index contributed by atoms with van der Waals surface area (Å²) < 4.78 is 11.8. The summed E-state index contributed by atoms with van der Waals surface area (Å²) in [4.78, 5) is 29.1. The predicted octanol–water partition coefficient (Wildman–Crippen LogP) is 2.50. The fourth-order valence-electron chi connectivity index (χ4n) is 3.23. The summed E-state index contributed by atoms with van der Waals surface area (Å²) in [5.74, 6) is -1.01. The third-order valence-corrected chi connectivity index (χ3v) is 4.65. The maximum atomic E-state index is 13.0. The van der Waals surface area contributed by atoms with E-state index in [1.54, 1.807) is 17.8 Å². The van der Waals surface area contributed by atoms with Gasteiger partial charge in [0.2, 0.25) is 0 Å². The summed E-state index contributed by atoms with van der Waals surface area (Å²) in [6.45, 7) is 1.60. The molecular formula is C21H19N5O4. The first-order chi connectivity index (χ1) is 14.5. The minimum atomic E-state index is -0.550. The molecule has 1 amide bonds. The minimum absolute atomic E-state index is 0.220. The maximum Gasteiger partial charge on any atom is 0.325 e. The molecule has 152 valence electrons. The van der Waals surface area contributed by atoms with Gasteiger partial charge < -0.3 is 14.6 Å². The van der Waals surface area contributed by atoms with Crippen molar-refractivity contribution in [2.75, 3.05) is 13.7 Å². The van der Waals surface area contributed by atoms with Crippen LogP contribution >= 0.6 is 0 Å². The number of carbonyl (C=O) groups excluding carboxylic acids is 2. The van der Waals surface area contributed by atoms with Crippen LogP contribution in [0.5, 0.6) is 0 Å². The van der Waals surface area contributed by atoms with Crippen LogP contribution in [0.2, 0.25) is 0 Å². The van der Waals surface area contributed by atoms with Gasteiger partial charge in [0.05, 0.1) is 29.4 Å². The number of pyridine rings is 1. The van der Waals surface area contributed by atoms with Gasteiger partial charge in [-0.2, -0.15) is 5.10 Å². The molecular weight excluding hydrogens is 386 g/mol. The fourth-order valence-corrected chi connectivity index (χ4v) is 3.23. The average Bonchev–Trinajstić information content (AvgIpc) is 3.34. The van der Waals surface area contributed by atoms with Gasteiger partial charge in [0.25, 0.3) is 11.6 Å². The number of hydrogen-bond acceptors (Lipinski definition) is 7. The highest BCUT2D eigenvalue weighted by Gasteiger charge is 2.23. The first kappa shape index (κ1) is 19.3. The standard InChI is InChI=1S/C21H19N5O4/c1-12-15(11-26(2)24-12)16-9-14(20(28)22-10-17(27)29-3)18-19(25-30-21(18)23-16)13-7-5-4-6-8-13/h4-9,11H,10H2,1-3H3,(H,22,28). The van der Waals surface area contributed by atoms with Crippen molar-refractivity contribution in [1.82, 2.24) is 25.2 Å². The molecule has 3 heterocycles. The van der Waals surface area contributed by atoms with Crippen molar-refractivity contribution in [3.8, 4) is 22.5 Å². The van der Waals surface area contributed by atoms with E-state index in [0.29, 0.717) is 22.3 Å². The Balaban J connectivity index is 1.89. The highest BCUT2D eigenvalue weighted by atomic mass is 16.5. The second-order valence-corrected chi connectivity index (χ2v) is 6.69. The molecule has 0 unspecified atom stereocenters. The van der Waals surface area contributed by atoms with Crippen LogP contribution in [-0.2, 0) is 16.6 Å². The fraction of sp³-hybridized carbons (Fsp3) is 0.190. The molecule has 0 radical (unpaired) electrons. The van der Waals surface area contributed by atoms with E-state index in [-0.39, 0.29) is 12.3 Å². The molecule has 0 fully saturated rings. The zero-order valence-electron chi connectivity index (χ0n) is 16.7. The van der Waals surface area contributed by atoms with E-state index in [4.69, 9.17) is 4.52 Å². The second-order valence-electron chi connectivity index (χ2n) is 6.69. The Labute approximate surface area is 171 Å². The zero-order chi connectivity index (χ0) is 21.3. The van der Waals surface area contributed by atoms with Crippen LogP contribution in [0.1, 0.15) is 16.1 Å². The number of rotatable bonds is 5. The van der Waals surface area contributed by atoms with Gasteiger partial charge in [0.15, 0.2) is 0 Å². The van der Waals surface area contributed by atoms with Gasteiger partial charge in [-0.1, -0.05) is 35.5 Å². The molecule has 3 aromatic heterocycles. The Morgan fingerprint density at radius 1 is 1.23 bits per heavy atom. The molecule has 0 aliphatic rings. The number of ether oxygens (including phenoxy) is 1. The van der Waals surface area contributed by atoms with E-state index >= 15 is 0 Å². The van der Waals surface area contributed by atoms with Gasteiger partial charge in [-0.3, -0.25) is 14.3 Å². The Bertz CT molecular complexity index is 1240. The van der Waals surface area contributed by atoms with Crippen molar-refractivity contribution in [2.45, 2.75) is 6.92 Å². The number of esters is 1. The molecule has 9 nitrogen and oxygen atoms in total. The lowest BCUT2D eigenvalue weighted by atomic mass is 10.0.